The molecule has 0 saturated heterocycles. The molecule has 0 fully saturated rings. The van der Waals surface area contributed by atoms with Crippen molar-refractivity contribution in [3.63, 3.8) is 0 Å². The molecule has 0 aromatic carbocycles. The zero-order valence-corrected chi connectivity index (χ0v) is 15.5. The Morgan fingerprint density at radius 1 is 1.19 bits per heavy atom. The molecule has 0 radical (unpaired) electrons. The average molecular weight is 367 g/mol. The van der Waals surface area contributed by atoms with Gasteiger partial charge >= 0.3 is 12.0 Å². The first-order valence-corrected chi connectivity index (χ1v) is 8.12. The highest BCUT2D eigenvalue weighted by Gasteiger charge is 2.27. The minimum Gasteiger partial charge on any atom is -0.459 e. The van der Waals surface area contributed by atoms with Crippen LogP contribution < -0.4 is 16.0 Å². The van der Waals surface area contributed by atoms with Crippen molar-refractivity contribution >= 4 is 23.8 Å². The number of amides is 4. The Bertz CT molecular complexity index is 646. The molecule has 1 aromatic rings. The fourth-order valence-corrected chi connectivity index (χ4v) is 1.88. The summed E-state index contributed by atoms with van der Waals surface area (Å²) in [5.74, 6) is -2.36. The van der Waals surface area contributed by atoms with Gasteiger partial charge in [-0.1, -0.05) is 13.8 Å². The van der Waals surface area contributed by atoms with Crippen LogP contribution in [0.25, 0.3) is 0 Å². The summed E-state index contributed by atoms with van der Waals surface area (Å²) in [6.07, 6.45) is 1.34. The fraction of sp³-hybridized carbons (Fsp3) is 0.529. The molecule has 0 aliphatic rings. The summed E-state index contributed by atoms with van der Waals surface area (Å²) >= 11 is 0. The molecule has 9 heteroatoms. The SMILES string of the molecule is CC(C)[C@H](NC(=O)c1ccco1)C(=O)OCC(=O)NC(=O)NC(C)(C)C. The van der Waals surface area contributed by atoms with E-state index in [9.17, 15) is 19.2 Å². The summed E-state index contributed by atoms with van der Waals surface area (Å²) in [5, 5.41) is 7.09. The van der Waals surface area contributed by atoms with Gasteiger partial charge in [0.05, 0.1) is 6.26 Å². The van der Waals surface area contributed by atoms with Crippen molar-refractivity contribution in [2.45, 2.75) is 46.2 Å². The van der Waals surface area contributed by atoms with Gasteiger partial charge in [0.2, 0.25) is 0 Å². The summed E-state index contributed by atoms with van der Waals surface area (Å²) in [4.78, 5) is 47.4. The number of imide groups is 1. The van der Waals surface area contributed by atoms with E-state index in [0.717, 1.165) is 0 Å². The first-order valence-electron chi connectivity index (χ1n) is 8.12. The van der Waals surface area contributed by atoms with Gasteiger partial charge in [-0.05, 0) is 38.8 Å². The third-order valence-electron chi connectivity index (χ3n) is 3.04. The maximum absolute atomic E-state index is 12.2. The van der Waals surface area contributed by atoms with Crippen LogP contribution in [0.5, 0.6) is 0 Å². The quantitative estimate of drug-likeness (QED) is 0.649. The number of carbonyl (C=O) groups is 4. The second-order valence-corrected chi connectivity index (χ2v) is 7.03. The Morgan fingerprint density at radius 3 is 2.35 bits per heavy atom. The lowest BCUT2D eigenvalue weighted by molar-refractivity contribution is -0.151. The van der Waals surface area contributed by atoms with E-state index in [4.69, 9.17) is 9.15 Å². The van der Waals surface area contributed by atoms with Crippen molar-refractivity contribution in [2.75, 3.05) is 6.61 Å². The van der Waals surface area contributed by atoms with Gasteiger partial charge < -0.3 is 19.8 Å². The summed E-state index contributed by atoms with van der Waals surface area (Å²) in [7, 11) is 0. The topological polar surface area (TPSA) is 127 Å². The van der Waals surface area contributed by atoms with E-state index in [1.807, 2.05) is 0 Å². The van der Waals surface area contributed by atoms with Crippen molar-refractivity contribution in [1.29, 1.82) is 0 Å². The Labute approximate surface area is 151 Å². The molecule has 1 heterocycles. The van der Waals surface area contributed by atoms with Crippen LogP contribution in [0, 0.1) is 5.92 Å². The second-order valence-electron chi connectivity index (χ2n) is 7.03. The van der Waals surface area contributed by atoms with Crippen LogP contribution in [-0.2, 0) is 14.3 Å². The monoisotopic (exact) mass is 367 g/mol. The highest BCUT2D eigenvalue weighted by atomic mass is 16.5. The molecule has 0 spiro atoms. The molecule has 0 saturated carbocycles. The molecule has 0 aliphatic heterocycles. The molecule has 9 nitrogen and oxygen atoms in total. The Morgan fingerprint density at radius 2 is 1.85 bits per heavy atom. The number of rotatable bonds is 6. The maximum Gasteiger partial charge on any atom is 0.329 e. The van der Waals surface area contributed by atoms with Crippen LogP contribution in [0.15, 0.2) is 22.8 Å². The molecule has 0 unspecified atom stereocenters. The van der Waals surface area contributed by atoms with E-state index in [1.165, 1.54) is 12.3 Å². The van der Waals surface area contributed by atoms with Crippen molar-refractivity contribution in [1.82, 2.24) is 16.0 Å². The van der Waals surface area contributed by atoms with Gasteiger partial charge in [0.15, 0.2) is 12.4 Å². The van der Waals surface area contributed by atoms with Crippen molar-refractivity contribution in [2.24, 2.45) is 5.92 Å². The molecule has 3 N–H and O–H groups in total. The molecule has 0 bridgehead atoms. The van der Waals surface area contributed by atoms with Crippen LogP contribution >= 0.6 is 0 Å². The molecule has 1 aromatic heterocycles. The van der Waals surface area contributed by atoms with Gasteiger partial charge in [-0.15, -0.1) is 0 Å². The van der Waals surface area contributed by atoms with Crippen LogP contribution in [0.4, 0.5) is 4.79 Å². The second kappa shape index (κ2) is 9.02. The van der Waals surface area contributed by atoms with Crippen LogP contribution in [0.3, 0.4) is 0 Å². The summed E-state index contributed by atoms with van der Waals surface area (Å²) in [5.41, 5.74) is -0.514. The third kappa shape index (κ3) is 7.37. The highest BCUT2D eigenvalue weighted by molar-refractivity contribution is 5.97. The van der Waals surface area contributed by atoms with Crippen molar-refractivity contribution in [3.8, 4) is 0 Å². The van der Waals surface area contributed by atoms with Gasteiger partial charge in [0.1, 0.15) is 6.04 Å². The fourth-order valence-electron chi connectivity index (χ4n) is 1.88. The van der Waals surface area contributed by atoms with E-state index in [0.29, 0.717) is 0 Å². The smallest absolute Gasteiger partial charge is 0.329 e. The van der Waals surface area contributed by atoms with E-state index in [-0.39, 0.29) is 11.7 Å². The number of nitrogens with one attached hydrogen (secondary N) is 3. The van der Waals surface area contributed by atoms with E-state index < -0.39 is 42.0 Å². The average Bonchev–Trinajstić information content (AvgIpc) is 3.02. The number of esters is 1. The molecule has 4 amide bonds. The van der Waals surface area contributed by atoms with Gasteiger partial charge in [-0.25, -0.2) is 9.59 Å². The number of ether oxygens (including phenoxy) is 1. The number of hydrogen-bond donors (Lipinski definition) is 3. The predicted octanol–water partition coefficient (Wildman–Crippen LogP) is 1.20. The maximum atomic E-state index is 12.2. The normalized spacial score (nSPS) is 12.2. The first-order chi connectivity index (χ1) is 12.0. The predicted molar refractivity (Wildman–Crippen MR) is 92.2 cm³/mol. The lowest BCUT2D eigenvalue weighted by atomic mass is 10.0. The van der Waals surface area contributed by atoms with Gasteiger partial charge in [0.25, 0.3) is 11.8 Å². The summed E-state index contributed by atoms with van der Waals surface area (Å²) in [6, 6.07) is 1.35. The van der Waals surface area contributed by atoms with E-state index in [2.05, 4.69) is 16.0 Å². The van der Waals surface area contributed by atoms with Crippen LogP contribution in [-0.4, -0.2) is 42.0 Å². The number of urea groups is 1. The molecule has 1 atom stereocenters. The Kier molecular flexibility index (Phi) is 7.36. The summed E-state index contributed by atoms with van der Waals surface area (Å²) < 4.78 is 9.86. The molecular weight excluding hydrogens is 342 g/mol. The van der Waals surface area contributed by atoms with E-state index >= 15 is 0 Å². The number of furan rings is 1. The number of hydrogen-bond acceptors (Lipinski definition) is 6. The largest absolute Gasteiger partial charge is 0.459 e. The molecule has 1 rings (SSSR count). The molecular formula is C17H25N3O6. The van der Waals surface area contributed by atoms with E-state index in [1.54, 1.807) is 40.7 Å². The van der Waals surface area contributed by atoms with Gasteiger partial charge in [-0.3, -0.25) is 14.9 Å². The Hall–Kier alpha value is -2.84. The zero-order valence-electron chi connectivity index (χ0n) is 15.5. The lowest BCUT2D eigenvalue weighted by Crippen LogP contribution is -2.50. The molecule has 144 valence electrons. The highest BCUT2D eigenvalue weighted by Crippen LogP contribution is 2.07. The number of carbonyl (C=O) groups excluding carboxylic acids is 4. The first kappa shape index (κ1) is 21.2. The Balaban J connectivity index is 2.53. The standard InChI is InChI=1S/C17H25N3O6/c1-10(2)13(19-14(22)11-7-6-8-25-11)15(23)26-9-12(21)18-16(24)20-17(3,4)5/h6-8,10,13H,9H2,1-5H3,(H,19,22)(H2,18,20,21,24)/t13-/m0/s1. The van der Waals surface area contributed by atoms with Gasteiger partial charge in [-0.2, -0.15) is 0 Å². The minimum absolute atomic E-state index is 0.0556. The van der Waals surface area contributed by atoms with Crippen LogP contribution in [0.1, 0.15) is 45.2 Å². The summed E-state index contributed by atoms with van der Waals surface area (Å²) in [6.45, 7) is 8.05. The van der Waals surface area contributed by atoms with Crippen molar-refractivity contribution in [3.05, 3.63) is 24.2 Å². The van der Waals surface area contributed by atoms with Crippen molar-refractivity contribution < 1.29 is 28.3 Å². The molecule has 0 aliphatic carbocycles. The van der Waals surface area contributed by atoms with Crippen LogP contribution in [0.2, 0.25) is 0 Å². The third-order valence-corrected chi connectivity index (χ3v) is 3.04. The lowest BCUT2D eigenvalue weighted by Gasteiger charge is -2.21. The zero-order chi connectivity index (χ0) is 19.9. The van der Waals surface area contributed by atoms with Gasteiger partial charge in [0, 0.05) is 5.54 Å². The minimum atomic E-state index is -0.969. The molecule has 26 heavy (non-hydrogen) atoms.